The zero-order chi connectivity index (χ0) is 18.0. The van der Waals surface area contributed by atoms with Crippen molar-refractivity contribution in [1.82, 2.24) is 15.3 Å². The molecule has 0 aliphatic rings. The molecule has 0 saturated heterocycles. The zero-order valence-electron chi connectivity index (χ0n) is 15.6. The Morgan fingerprint density at radius 1 is 0.923 bits per heavy atom. The highest BCUT2D eigenvalue weighted by Crippen LogP contribution is 2.23. The molecule has 2 aromatic carbocycles. The molecular formula is C23H29N3. The lowest BCUT2D eigenvalue weighted by atomic mass is 10.1. The fourth-order valence-corrected chi connectivity index (χ4v) is 3.23. The Kier molecular flexibility index (Phi) is 7.03. The minimum absolute atomic E-state index is 0.254. The molecule has 1 aromatic heterocycles. The van der Waals surface area contributed by atoms with E-state index in [1.165, 1.54) is 36.8 Å². The molecule has 0 fully saturated rings. The van der Waals surface area contributed by atoms with Crippen molar-refractivity contribution in [2.45, 2.75) is 51.6 Å². The number of nitrogens with zero attached hydrogens (tertiary/aromatic N) is 1. The molecule has 1 atom stereocenters. The van der Waals surface area contributed by atoms with E-state index in [1.807, 2.05) is 12.3 Å². The SMILES string of the molecule is CCCCCC[C@@H](NCc1ccccc1)c1ncc(-c2ccccc2)[nH]1. The summed E-state index contributed by atoms with van der Waals surface area (Å²) in [4.78, 5) is 8.22. The maximum absolute atomic E-state index is 4.69. The smallest absolute Gasteiger partial charge is 0.123 e. The number of hydrogen-bond acceptors (Lipinski definition) is 2. The van der Waals surface area contributed by atoms with Crippen LogP contribution in [-0.2, 0) is 6.54 Å². The summed E-state index contributed by atoms with van der Waals surface area (Å²) in [6.07, 6.45) is 8.14. The van der Waals surface area contributed by atoms with Gasteiger partial charge in [-0.05, 0) is 17.5 Å². The van der Waals surface area contributed by atoms with Crippen LogP contribution in [0.5, 0.6) is 0 Å². The van der Waals surface area contributed by atoms with Crippen molar-refractivity contribution in [1.29, 1.82) is 0 Å². The van der Waals surface area contributed by atoms with Gasteiger partial charge in [0.25, 0.3) is 0 Å². The second kappa shape index (κ2) is 9.93. The highest BCUT2D eigenvalue weighted by molar-refractivity contribution is 5.58. The number of aromatic amines is 1. The van der Waals surface area contributed by atoms with Crippen molar-refractivity contribution < 1.29 is 0 Å². The summed E-state index contributed by atoms with van der Waals surface area (Å²) in [6.45, 7) is 3.12. The number of unbranched alkanes of at least 4 members (excludes halogenated alkanes) is 3. The fraction of sp³-hybridized carbons (Fsp3) is 0.348. The standard InChI is InChI=1S/C23H29N3/c1-2-3-4-11-16-21(24-17-19-12-7-5-8-13-19)23-25-18-22(26-23)20-14-9-6-10-15-20/h5-10,12-15,18,21,24H,2-4,11,16-17H2,1H3,(H,25,26)/t21-/m1/s1. The summed E-state index contributed by atoms with van der Waals surface area (Å²) >= 11 is 0. The summed E-state index contributed by atoms with van der Waals surface area (Å²) in [5, 5.41) is 3.70. The first-order valence-electron chi connectivity index (χ1n) is 9.74. The van der Waals surface area contributed by atoms with E-state index in [2.05, 4.69) is 76.8 Å². The number of imidazole rings is 1. The molecule has 0 bridgehead atoms. The van der Waals surface area contributed by atoms with Gasteiger partial charge >= 0.3 is 0 Å². The van der Waals surface area contributed by atoms with Crippen LogP contribution >= 0.6 is 0 Å². The molecule has 26 heavy (non-hydrogen) atoms. The summed E-state index contributed by atoms with van der Waals surface area (Å²) in [5.74, 6) is 1.04. The maximum atomic E-state index is 4.69. The summed E-state index contributed by atoms with van der Waals surface area (Å²) < 4.78 is 0. The van der Waals surface area contributed by atoms with Gasteiger partial charge in [-0.25, -0.2) is 4.98 Å². The van der Waals surface area contributed by atoms with Crippen molar-refractivity contribution in [3.8, 4) is 11.3 Å². The predicted molar refractivity (Wildman–Crippen MR) is 109 cm³/mol. The van der Waals surface area contributed by atoms with Gasteiger partial charge in [-0.15, -0.1) is 0 Å². The Morgan fingerprint density at radius 2 is 1.65 bits per heavy atom. The first-order valence-corrected chi connectivity index (χ1v) is 9.74. The largest absolute Gasteiger partial charge is 0.341 e. The lowest BCUT2D eigenvalue weighted by Crippen LogP contribution is -2.22. The van der Waals surface area contributed by atoms with E-state index >= 15 is 0 Å². The average Bonchev–Trinajstić information content (AvgIpc) is 3.19. The van der Waals surface area contributed by atoms with Gasteiger partial charge in [0, 0.05) is 6.54 Å². The molecule has 3 aromatic rings. The molecule has 0 spiro atoms. The van der Waals surface area contributed by atoms with E-state index in [9.17, 15) is 0 Å². The topological polar surface area (TPSA) is 40.7 Å². The molecule has 3 heteroatoms. The lowest BCUT2D eigenvalue weighted by molar-refractivity contribution is 0.453. The minimum Gasteiger partial charge on any atom is -0.341 e. The normalized spacial score (nSPS) is 12.2. The quantitative estimate of drug-likeness (QED) is 0.450. The van der Waals surface area contributed by atoms with E-state index < -0.39 is 0 Å². The van der Waals surface area contributed by atoms with Crippen LogP contribution < -0.4 is 5.32 Å². The van der Waals surface area contributed by atoms with E-state index in [0.29, 0.717) is 0 Å². The molecule has 1 heterocycles. The van der Waals surface area contributed by atoms with Gasteiger partial charge in [-0.1, -0.05) is 93.3 Å². The molecule has 0 saturated carbocycles. The van der Waals surface area contributed by atoms with Gasteiger partial charge in [0.15, 0.2) is 0 Å². The molecule has 2 N–H and O–H groups in total. The first kappa shape index (κ1) is 18.4. The number of benzene rings is 2. The van der Waals surface area contributed by atoms with Crippen LogP contribution in [0.1, 0.15) is 56.5 Å². The molecule has 0 aliphatic carbocycles. The summed E-state index contributed by atoms with van der Waals surface area (Å²) in [6, 6.07) is 21.2. The second-order valence-electron chi connectivity index (χ2n) is 6.82. The Bertz CT molecular complexity index is 749. The van der Waals surface area contributed by atoms with Crippen LogP contribution in [0.4, 0.5) is 0 Å². The van der Waals surface area contributed by atoms with Crippen molar-refractivity contribution >= 4 is 0 Å². The number of nitrogens with one attached hydrogen (secondary N) is 2. The van der Waals surface area contributed by atoms with Crippen molar-refractivity contribution in [2.24, 2.45) is 0 Å². The van der Waals surface area contributed by atoms with Gasteiger partial charge in [-0.2, -0.15) is 0 Å². The number of rotatable bonds is 10. The molecule has 0 aliphatic heterocycles. The Labute approximate surface area is 156 Å². The maximum Gasteiger partial charge on any atom is 0.123 e. The van der Waals surface area contributed by atoms with E-state index in [0.717, 1.165) is 24.5 Å². The van der Waals surface area contributed by atoms with Crippen LogP contribution in [0.25, 0.3) is 11.3 Å². The fourth-order valence-electron chi connectivity index (χ4n) is 3.23. The van der Waals surface area contributed by atoms with Crippen LogP contribution in [0, 0.1) is 0 Å². The van der Waals surface area contributed by atoms with Crippen LogP contribution in [0.2, 0.25) is 0 Å². The lowest BCUT2D eigenvalue weighted by Gasteiger charge is -2.17. The predicted octanol–water partition coefficient (Wildman–Crippen LogP) is 5.88. The van der Waals surface area contributed by atoms with Gasteiger partial charge in [0.2, 0.25) is 0 Å². The number of aromatic nitrogens is 2. The molecule has 0 amide bonds. The third kappa shape index (κ3) is 5.30. The Morgan fingerprint density at radius 3 is 2.38 bits per heavy atom. The number of H-pyrrole nitrogens is 1. The van der Waals surface area contributed by atoms with Gasteiger partial charge in [0.1, 0.15) is 5.82 Å². The zero-order valence-corrected chi connectivity index (χ0v) is 15.6. The average molecular weight is 348 g/mol. The van der Waals surface area contributed by atoms with Crippen molar-refractivity contribution in [2.75, 3.05) is 0 Å². The number of hydrogen-bond donors (Lipinski definition) is 2. The third-order valence-corrected chi connectivity index (χ3v) is 4.75. The minimum atomic E-state index is 0.254. The molecule has 3 rings (SSSR count). The van der Waals surface area contributed by atoms with Crippen LogP contribution in [-0.4, -0.2) is 9.97 Å². The van der Waals surface area contributed by atoms with Gasteiger partial charge in [0.05, 0.1) is 17.9 Å². The van der Waals surface area contributed by atoms with E-state index in [-0.39, 0.29) is 6.04 Å². The Hall–Kier alpha value is -2.39. The molecule has 0 radical (unpaired) electrons. The van der Waals surface area contributed by atoms with Crippen LogP contribution in [0.15, 0.2) is 66.9 Å². The summed E-state index contributed by atoms with van der Waals surface area (Å²) in [7, 11) is 0. The van der Waals surface area contributed by atoms with E-state index in [4.69, 9.17) is 0 Å². The highest BCUT2D eigenvalue weighted by Gasteiger charge is 2.15. The molecular weight excluding hydrogens is 318 g/mol. The molecule has 136 valence electrons. The molecule has 3 nitrogen and oxygen atoms in total. The molecule has 0 unspecified atom stereocenters. The van der Waals surface area contributed by atoms with Crippen molar-refractivity contribution in [3.05, 3.63) is 78.2 Å². The third-order valence-electron chi connectivity index (χ3n) is 4.75. The monoisotopic (exact) mass is 347 g/mol. The highest BCUT2D eigenvalue weighted by atomic mass is 15.0. The van der Waals surface area contributed by atoms with Gasteiger partial charge < -0.3 is 10.3 Å². The van der Waals surface area contributed by atoms with Gasteiger partial charge in [-0.3, -0.25) is 0 Å². The second-order valence-corrected chi connectivity index (χ2v) is 6.82. The van der Waals surface area contributed by atoms with Crippen LogP contribution in [0.3, 0.4) is 0 Å². The first-order chi connectivity index (χ1) is 12.9. The van der Waals surface area contributed by atoms with E-state index in [1.54, 1.807) is 0 Å². The van der Waals surface area contributed by atoms with Crippen molar-refractivity contribution in [3.63, 3.8) is 0 Å². The summed E-state index contributed by atoms with van der Waals surface area (Å²) in [5.41, 5.74) is 3.57. The Balaban J connectivity index is 1.68.